The van der Waals surface area contributed by atoms with E-state index in [-0.39, 0.29) is 5.41 Å². The summed E-state index contributed by atoms with van der Waals surface area (Å²) in [7, 11) is 0. The molecule has 1 unspecified atom stereocenters. The molecule has 0 aliphatic carbocycles. The molecule has 0 radical (unpaired) electrons. The highest BCUT2D eigenvalue weighted by Gasteiger charge is 2.14. The van der Waals surface area contributed by atoms with Gasteiger partial charge in [0.05, 0.1) is 6.10 Å². The molecule has 0 bridgehead atoms. The molecule has 1 rings (SSSR count). The molecule has 0 aliphatic rings. The van der Waals surface area contributed by atoms with E-state index in [4.69, 9.17) is 0 Å². The predicted molar refractivity (Wildman–Crippen MR) is 64.8 cm³/mol. The van der Waals surface area contributed by atoms with Crippen LogP contribution in [-0.4, -0.2) is 11.2 Å². The van der Waals surface area contributed by atoms with Gasteiger partial charge in [0.1, 0.15) is 0 Å². The lowest BCUT2D eigenvalue weighted by atomic mass is 9.88. The van der Waals surface area contributed by atoms with Crippen molar-refractivity contribution in [3.8, 4) is 0 Å². The molecule has 1 aromatic rings. The van der Waals surface area contributed by atoms with Crippen molar-refractivity contribution in [3.05, 3.63) is 35.4 Å². The average Bonchev–Trinajstić information content (AvgIpc) is 2.20. The third-order valence-corrected chi connectivity index (χ3v) is 2.68. The van der Waals surface area contributed by atoms with Crippen LogP contribution in [0.4, 0.5) is 8.78 Å². The first-order chi connectivity index (χ1) is 7.78. The van der Waals surface area contributed by atoms with Crippen LogP contribution < -0.4 is 0 Å². The van der Waals surface area contributed by atoms with Crippen LogP contribution in [0.5, 0.6) is 0 Å². The molecule has 96 valence electrons. The first-order valence-corrected chi connectivity index (χ1v) is 5.90. The third-order valence-electron chi connectivity index (χ3n) is 2.68. The third kappa shape index (κ3) is 5.26. The van der Waals surface area contributed by atoms with E-state index in [0.717, 1.165) is 18.6 Å². The summed E-state index contributed by atoms with van der Waals surface area (Å²) >= 11 is 0. The van der Waals surface area contributed by atoms with Crippen LogP contribution in [0.3, 0.4) is 0 Å². The Morgan fingerprint density at radius 1 is 1.18 bits per heavy atom. The van der Waals surface area contributed by atoms with Crippen molar-refractivity contribution in [3.63, 3.8) is 0 Å². The van der Waals surface area contributed by atoms with Crippen molar-refractivity contribution >= 4 is 0 Å². The molecule has 0 fully saturated rings. The number of benzene rings is 1. The minimum Gasteiger partial charge on any atom is -0.393 e. The Bertz CT molecular complexity index is 369. The molecule has 0 saturated carbocycles. The van der Waals surface area contributed by atoms with Crippen molar-refractivity contribution in [1.82, 2.24) is 0 Å². The van der Waals surface area contributed by atoms with E-state index in [1.165, 1.54) is 6.07 Å². The van der Waals surface area contributed by atoms with E-state index in [1.807, 2.05) is 0 Å². The molecular weight excluding hydrogens is 222 g/mol. The zero-order valence-corrected chi connectivity index (χ0v) is 10.6. The highest BCUT2D eigenvalue weighted by atomic mass is 19.2. The van der Waals surface area contributed by atoms with Gasteiger partial charge in [0.15, 0.2) is 11.6 Å². The lowest BCUT2D eigenvalue weighted by Crippen LogP contribution is -2.15. The minimum atomic E-state index is -0.856. The molecule has 17 heavy (non-hydrogen) atoms. The highest BCUT2D eigenvalue weighted by Crippen LogP contribution is 2.22. The van der Waals surface area contributed by atoms with Crippen LogP contribution in [0.1, 0.15) is 39.2 Å². The molecule has 0 saturated heterocycles. The van der Waals surface area contributed by atoms with Gasteiger partial charge in [-0.1, -0.05) is 26.8 Å². The second-order valence-corrected chi connectivity index (χ2v) is 5.71. The van der Waals surface area contributed by atoms with E-state index < -0.39 is 17.7 Å². The van der Waals surface area contributed by atoms with Crippen molar-refractivity contribution in [2.75, 3.05) is 0 Å². The lowest BCUT2D eigenvalue weighted by molar-refractivity contribution is 0.145. The largest absolute Gasteiger partial charge is 0.393 e. The van der Waals surface area contributed by atoms with Crippen LogP contribution in [0.15, 0.2) is 18.2 Å². The lowest BCUT2D eigenvalue weighted by Gasteiger charge is -2.20. The molecule has 0 amide bonds. The quantitative estimate of drug-likeness (QED) is 0.853. The van der Waals surface area contributed by atoms with Crippen molar-refractivity contribution in [1.29, 1.82) is 0 Å². The number of hydrogen-bond acceptors (Lipinski definition) is 1. The van der Waals surface area contributed by atoms with Crippen LogP contribution in [-0.2, 0) is 6.42 Å². The summed E-state index contributed by atoms with van der Waals surface area (Å²) in [6.45, 7) is 6.33. The molecule has 3 heteroatoms. The fourth-order valence-corrected chi connectivity index (χ4v) is 1.64. The number of aliphatic hydroxyl groups is 1. The molecule has 0 aromatic heterocycles. The van der Waals surface area contributed by atoms with Crippen molar-refractivity contribution in [2.45, 2.75) is 46.1 Å². The Morgan fingerprint density at radius 3 is 2.35 bits per heavy atom. The van der Waals surface area contributed by atoms with E-state index in [1.54, 1.807) is 0 Å². The summed E-state index contributed by atoms with van der Waals surface area (Å²) in [4.78, 5) is 0. The normalized spacial score (nSPS) is 13.8. The second-order valence-electron chi connectivity index (χ2n) is 5.71. The van der Waals surface area contributed by atoms with Crippen molar-refractivity contribution in [2.24, 2.45) is 5.41 Å². The van der Waals surface area contributed by atoms with Gasteiger partial charge in [-0.2, -0.15) is 0 Å². The Labute approximate surface area is 101 Å². The fourth-order valence-electron chi connectivity index (χ4n) is 1.64. The Morgan fingerprint density at radius 2 is 1.82 bits per heavy atom. The summed E-state index contributed by atoms with van der Waals surface area (Å²) in [5.74, 6) is -1.71. The maximum absolute atomic E-state index is 12.9. The molecule has 0 heterocycles. The molecule has 1 nitrogen and oxygen atoms in total. The zero-order chi connectivity index (χ0) is 13.1. The summed E-state index contributed by atoms with van der Waals surface area (Å²) in [6, 6.07) is 3.76. The van der Waals surface area contributed by atoms with Gasteiger partial charge in [0.25, 0.3) is 0 Å². The van der Waals surface area contributed by atoms with E-state index in [0.29, 0.717) is 18.4 Å². The minimum absolute atomic E-state index is 0.176. The van der Waals surface area contributed by atoms with Gasteiger partial charge in [-0.25, -0.2) is 8.78 Å². The molecule has 0 spiro atoms. The summed E-state index contributed by atoms with van der Waals surface area (Å²) in [5, 5.41) is 9.81. The standard InChI is InChI=1S/C14H20F2O/c1-14(2,3)7-6-11(17)8-10-4-5-12(15)13(16)9-10/h4-5,9,11,17H,6-8H2,1-3H3. The topological polar surface area (TPSA) is 20.2 Å². The molecule has 1 atom stereocenters. The first kappa shape index (κ1) is 14.1. The predicted octanol–water partition coefficient (Wildman–Crippen LogP) is 3.69. The van der Waals surface area contributed by atoms with Gasteiger partial charge >= 0.3 is 0 Å². The van der Waals surface area contributed by atoms with Gasteiger partial charge in [-0.05, 0) is 42.4 Å². The van der Waals surface area contributed by atoms with Crippen LogP contribution in [0.2, 0.25) is 0 Å². The number of rotatable bonds is 4. The molecular formula is C14H20F2O. The number of aliphatic hydroxyl groups excluding tert-OH is 1. The smallest absolute Gasteiger partial charge is 0.159 e. The van der Waals surface area contributed by atoms with Gasteiger partial charge in [-0.15, -0.1) is 0 Å². The molecule has 0 aliphatic heterocycles. The summed E-state index contributed by atoms with van der Waals surface area (Å²) < 4.78 is 25.7. The van der Waals surface area contributed by atoms with Gasteiger partial charge < -0.3 is 5.11 Å². The molecule has 1 aromatic carbocycles. The SMILES string of the molecule is CC(C)(C)CCC(O)Cc1ccc(F)c(F)c1. The van der Waals surface area contributed by atoms with Crippen LogP contribution in [0.25, 0.3) is 0 Å². The first-order valence-electron chi connectivity index (χ1n) is 5.90. The maximum atomic E-state index is 12.9. The van der Waals surface area contributed by atoms with E-state index in [2.05, 4.69) is 20.8 Å². The van der Waals surface area contributed by atoms with E-state index in [9.17, 15) is 13.9 Å². The summed E-state index contributed by atoms with van der Waals surface area (Å²) in [6.07, 6.45) is 1.44. The van der Waals surface area contributed by atoms with Crippen LogP contribution in [0, 0.1) is 17.0 Å². The molecule has 1 N–H and O–H groups in total. The van der Waals surface area contributed by atoms with Gasteiger partial charge in [0.2, 0.25) is 0 Å². The highest BCUT2D eigenvalue weighted by molar-refractivity contribution is 5.18. The second kappa shape index (κ2) is 5.58. The van der Waals surface area contributed by atoms with Crippen LogP contribution >= 0.6 is 0 Å². The monoisotopic (exact) mass is 242 g/mol. The average molecular weight is 242 g/mol. The zero-order valence-electron chi connectivity index (χ0n) is 10.6. The van der Waals surface area contributed by atoms with Gasteiger partial charge in [-0.3, -0.25) is 0 Å². The van der Waals surface area contributed by atoms with E-state index >= 15 is 0 Å². The Balaban J connectivity index is 2.50. The maximum Gasteiger partial charge on any atom is 0.159 e. The Hall–Kier alpha value is -0.960. The number of hydrogen-bond donors (Lipinski definition) is 1. The Kier molecular flexibility index (Phi) is 4.63. The fraction of sp³-hybridized carbons (Fsp3) is 0.571. The number of halogens is 2. The van der Waals surface area contributed by atoms with Crippen molar-refractivity contribution < 1.29 is 13.9 Å². The summed E-state index contributed by atoms with van der Waals surface area (Å²) in [5.41, 5.74) is 0.806. The van der Waals surface area contributed by atoms with Gasteiger partial charge in [0, 0.05) is 0 Å².